The van der Waals surface area contributed by atoms with Gasteiger partial charge in [0, 0.05) is 25.0 Å². The van der Waals surface area contributed by atoms with Crippen LogP contribution in [0.1, 0.15) is 51.4 Å². The first-order chi connectivity index (χ1) is 8.98. The van der Waals surface area contributed by atoms with E-state index in [1.807, 2.05) is 0 Å². The molecule has 0 aromatic rings. The first kappa shape index (κ1) is 14.3. The molecule has 2 aliphatic carbocycles. The fourth-order valence-electron chi connectivity index (χ4n) is 2.67. The summed E-state index contributed by atoms with van der Waals surface area (Å²) in [5.74, 6) is -0.0802. The van der Waals surface area contributed by atoms with E-state index in [4.69, 9.17) is 5.73 Å². The molecular formula is C14H25N3O2. The minimum absolute atomic E-state index is 0.0182. The minimum atomic E-state index is -0.351. The van der Waals surface area contributed by atoms with Gasteiger partial charge in [-0.2, -0.15) is 0 Å². The fourth-order valence-corrected chi connectivity index (χ4v) is 2.67. The number of nitrogens with zero attached hydrogens (tertiary/aromatic N) is 1. The van der Waals surface area contributed by atoms with Gasteiger partial charge >= 0.3 is 0 Å². The number of hydrogen-bond donors (Lipinski definition) is 2. The normalized spacial score (nSPS) is 21.8. The number of amides is 2. The average molecular weight is 267 g/mol. The van der Waals surface area contributed by atoms with Gasteiger partial charge in [0.25, 0.3) is 0 Å². The zero-order valence-corrected chi connectivity index (χ0v) is 11.8. The maximum Gasteiger partial charge on any atom is 0.239 e. The molecule has 0 aromatic carbocycles. The molecule has 2 amide bonds. The number of nitrogens with one attached hydrogen (secondary N) is 1. The zero-order valence-electron chi connectivity index (χ0n) is 11.8. The second kappa shape index (κ2) is 5.90. The second-order valence-electron chi connectivity index (χ2n) is 6.19. The van der Waals surface area contributed by atoms with Crippen molar-refractivity contribution in [3.63, 3.8) is 0 Å². The Bertz CT molecular complexity index is 347. The van der Waals surface area contributed by atoms with Crippen molar-refractivity contribution in [1.82, 2.24) is 10.2 Å². The molecule has 19 heavy (non-hydrogen) atoms. The Morgan fingerprint density at radius 3 is 2.47 bits per heavy atom. The third kappa shape index (κ3) is 4.49. The topological polar surface area (TPSA) is 75.4 Å². The Hall–Kier alpha value is -1.10. The van der Waals surface area contributed by atoms with Gasteiger partial charge < -0.3 is 16.0 Å². The van der Waals surface area contributed by atoms with Crippen molar-refractivity contribution >= 4 is 11.8 Å². The SMILES string of the molecule is CN(CC(=O)NC1CC1)C(=O)CC1(N)CCCCC1. The fraction of sp³-hybridized carbons (Fsp3) is 0.857. The molecule has 2 fully saturated rings. The van der Waals surface area contributed by atoms with Gasteiger partial charge in [0.05, 0.1) is 6.54 Å². The molecule has 5 heteroatoms. The van der Waals surface area contributed by atoms with Crippen LogP contribution < -0.4 is 11.1 Å². The highest BCUT2D eigenvalue weighted by Crippen LogP contribution is 2.29. The van der Waals surface area contributed by atoms with Gasteiger partial charge in [-0.1, -0.05) is 19.3 Å². The lowest BCUT2D eigenvalue weighted by molar-refractivity contribution is -0.136. The van der Waals surface area contributed by atoms with Crippen molar-refractivity contribution in [2.75, 3.05) is 13.6 Å². The van der Waals surface area contributed by atoms with E-state index >= 15 is 0 Å². The van der Waals surface area contributed by atoms with Crippen molar-refractivity contribution < 1.29 is 9.59 Å². The standard InChI is InChI=1S/C14H25N3O2/c1-17(10-12(18)16-11-5-6-11)13(19)9-14(15)7-3-2-4-8-14/h11H,2-10,15H2,1H3,(H,16,18). The van der Waals surface area contributed by atoms with Gasteiger partial charge in [-0.25, -0.2) is 0 Å². The molecule has 2 aliphatic rings. The first-order valence-electron chi connectivity index (χ1n) is 7.31. The van der Waals surface area contributed by atoms with Crippen LogP contribution in [0.15, 0.2) is 0 Å². The van der Waals surface area contributed by atoms with Crippen molar-refractivity contribution in [3.05, 3.63) is 0 Å². The Balaban J connectivity index is 1.75. The molecule has 3 N–H and O–H groups in total. The minimum Gasteiger partial charge on any atom is -0.352 e. The third-order valence-corrected chi connectivity index (χ3v) is 4.10. The zero-order chi connectivity index (χ0) is 13.9. The maximum absolute atomic E-state index is 12.1. The molecule has 5 nitrogen and oxygen atoms in total. The largest absolute Gasteiger partial charge is 0.352 e. The highest BCUT2D eigenvalue weighted by molar-refractivity contribution is 5.85. The molecule has 0 saturated heterocycles. The van der Waals surface area contributed by atoms with E-state index in [-0.39, 0.29) is 23.9 Å². The van der Waals surface area contributed by atoms with Crippen LogP contribution >= 0.6 is 0 Å². The summed E-state index contributed by atoms with van der Waals surface area (Å²) in [6, 6.07) is 0.343. The van der Waals surface area contributed by atoms with E-state index in [0.717, 1.165) is 38.5 Å². The molecule has 0 heterocycles. The van der Waals surface area contributed by atoms with Crippen LogP contribution in [-0.4, -0.2) is 41.9 Å². The van der Waals surface area contributed by atoms with Crippen LogP contribution in [0.3, 0.4) is 0 Å². The van der Waals surface area contributed by atoms with Gasteiger partial charge in [-0.3, -0.25) is 9.59 Å². The highest BCUT2D eigenvalue weighted by Gasteiger charge is 2.31. The van der Waals surface area contributed by atoms with Crippen molar-refractivity contribution in [2.45, 2.75) is 62.9 Å². The van der Waals surface area contributed by atoms with Gasteiger partial charge in [-0.05, 0) is 25.7 Å². The molecule has 0 bridgehead atoms. The first-order valence-corrected chi connectivity index (χ1v) is 7.31. The second-order valence-corrected chi connectivity index (χ2v) is 6.19. The Morgan fingerprint density at radius 2 is 1.89 bits per heavy atom. The summed E-state index contributed by atoms with van der Waals surface area (Å²) < 4.78 is 0. The molecule has 0 atom stereocenters. The summed E-state index contributed by atoms with van der Waals surface area (Å²) >= 11 is 0. The molecule has 0 unspecified atom stereocenters. The average Bonchev–Trinajstić information content (AvgIpc) is 3.12. The summed E-state index contributed by atoms with van der Waals surface area (Å²) in [5, 5.41) is 2.89. The number of hydrogen-bond acceptors (Lipinski definition) is 3. The molecule has 108 valence electrons. The van der Waals surface area contributed by atoms with E-state index in [9.17, 15) is 9.59 Å². The third-order valence-electron chi connectivity index (χ3n) is 4.10. The molecule has 0 radical (unpaired) electrons. The summed E-state index contributed by atoms with van der Waals surface area (Å²) in [5.41, 5.74) is 5.92. The van der Waals surface area contributed by atoms with Crippen LogP contribution in [0.25, 0.3) is 0 Å². The number of carbonyl (C=O) groups is 2. The number of carbonyl (C=O) groups excluding carboxylic acids is 2. The summed E-state index contributed by atoms with van der Waals surface area (Å²) in [6.07, 6.45) is 7.75. The molecular weight excluding hydrogens is 242 g/mol. The molecule has 0 aromatic heterocycles. The van der Waals surface area contributed by atoms with Crippen LogP contribution in [0.2, 0.25) is 0 Å². The van der Waals surface area contributed by atoms with E-state index < -0.39 is 0 Å². The Labute approximate surface area is 114 Å². The van der Waals surface area contributed by atoms with Crippen LogP contribution in [0.4, 0.5) is 0 Å². The lowest BCUT2D eigenvalue weighted by Crippen LogP contribution is -2.47. The summed E-state index contributed by atoms with van der Waals surface area (Å²) in [6.45, 7) is 0.144. The van der Waals surface area contributed by atoms with Gasteiger partial charge in [0.1, 0.15) is 0 Å². The molecule has 2 saturated carbocycles. The predicted octanol–water partition coefficient (Wildman–Crippen LogP) is 0.775. The quantitative estimate of drug-likeness (QED) is 0.772. The smallest absolute Gasteiger partial charge is 0.239 e. The van der Waals surface area contributed by atoms with Crippen LogP contribution in [-0.2, 0) is 9.59 Å². The van der Waals surface area contributed by atoms with Crippen LogP contribution in [0, 0.1) is 0 Å². The highest BCUT2D eigenvalue weighted by atomic mass is 16.2. The van der Waals surface area contributed by atoms with Crippen molar-refractivity contribution in [1.29, 1.82) is 0 Å². The predicted molar refractivity (Wildman–Crippen MR) is 73.4 cm³/mol. The van der Waals surface area contributed by atoms with Gasteiger partial charge in [0.15, 0.2) is 0 Å². The van der Waals surface area contributed by atoms with Crippen LogP contribution in [0.5, 0.6) is 0 Å². The van der Waals surface area contributed by atoms with Crippen molar-refractivity contribution in [2.24, 2.45) is 5.73 Å². The summed E-state index contributed by atoms with van der Waals surface area (Å²) in [4.78, 5) is 25.3. The monoisotopic (exact) mass is 267 g/mol. The lowest BCUT2D eigenvalue weighted by Gasteiger charge is -2.34. The number of nitrogens with two attached hydrogens (primary N) is 1. The van der Waals surface area contributed by atoms with E-state index in [2.05, 4.69) is 5.32 Å². The molecule has 0 aliphatic heterocycles. The van der Waals surface area contributed by atoms with E-state index in [0.29, 0.717) is 12.5 Å². The van der Waals surface area contributed by atoms with E-state index in [1.54, 1.807) is 7.05 Å². The van der Waals surface area contributed by atoms with Gasteiger partial charge in [-0.15, -0.1) is 0 Å². The van der Waals surface area contributed by atoms with Crippen molar-refractivity contribution in [3.8, 4) is 0 Å². The molecule has 0 spiro atoms. The van der Waals surface area contributed by atoms with E-state index in [1.165, 1.54) is 11.3 Å². The lowest BCUT2D eigenvalue weighted by atomic mass is 9.80. The number of rotatable bonds is 5. The summed E-state index contributed by atoms with van der Waals surface area (Å²) in [7, 11) is 1.68. The Morgan fingerprint density at radius 1 is 1.26 bits per heavy atom. The maximum atomic E-state index is 12.1. The van der Waals surface area contributed by atoms with Gasteiger partial charge in [0.2, 0.25) is 11.8 Å². The Kier molecular flexibility index (Phi) is 4.45. The molecule has 2 rings (SSSR count). The number of likely N-dealkylation sites (N-methyl/N-ethyl adjacent to an activating group) is 1.